The number of methoxy groups -OCH3 is 1. The number of pyridine rings is 1. The number of nitrogens with one attached hydrogen (secondary N) is 1. The van der Waals surface area contributed by atoms with Gasteiger partial charge in [-0.05, 0) is 24.6 Å². The van der Waals surface area contributed by atoms with Gasteiger partial charge in [0.2, 0.25) is 0 Å². The maximum absolute atomic E-state index is 11.7. The Morgan fingerprint density at radius 2 is 2.17 bits per heavy atom. The van der Waals surface area contributed by atoms with Crippen molar-refractivity contribution in [1.82, 2.24) is 14.6 Å². The second-order valence-corrected chi connectivity index (χ2v) is 4.16. The van der Waals surface area contributed by atoms with E-state index in [0.29, 0.717) is 11.3 Å². The van der Waals surface area contributed by atoms with Crippen LogP contribution in [-0.2, 0) is 0 Å². The van der Waals surface area contributed by atoms with Crippen LogP contribution in [0.5, 0.6) is 5.75 Å². The molecule has 0 saturated heterocycles. The largest absolute Gasteiger partial charge is 0.496 e. The lowest BCUT2D eigenvalue weighted by molar-refractivity contribution is 0.412. The van der Waals surface area contributed by atoms with Crippen LogP contribution in [0.1, 0.15) is 5.56 Å². The third-order valence-corrected chi connectivity index (χ3v) is 3.05. The van der Waals surface area contributed by atoms with Crippen LogP contribution < -0.4 is 16.2 Å². The highest BCUT2D eigenvalue weighted by Gasteiger charge is 2.11. The highest BCUT2D eigenvalue weighted by molar-refractivity contribution is 5.94. The Bertz CT molecular complexity index is 816. The number of ether oxygens (including phenoxy) is 1. The van der Waals surface area contributed by atoms with Gasteiger partial charge in [0.1, 0.15) is 5.75 Å². The predicted molar refractivity (Wildman–Crippen MR) is 69.0 cm³/mol. The van der Waals surface area contributed by atoms with Crippen molar-refractivity contribution in [2.75, 3.05) is 12.8 Å². The fourth-order valence-electron chi connectivity index (χ4n) is 2.16. The van der Waals surface area contributed by atoms with Crippen molar-refractivity contribution >= 4 is 22.2 Å². The minimum absolute atomic E-state index is 0.278. The molecule has 3 N–H and O–H groups in total. The molecule has 0 unspecified atom stereocenters. The molecule has 0 spiro atoms. The minimum Gasteiger partial charge on any atom is -0.496 e. The van der Waals surface area contributed by atoms with Crippen LogP contribution in [-0.4, -0.2) is 21.7 Å². The first-order valence-electron chi connectivity index (χ1n) is 5.46. The molecule has 0 radical (unpaired) electrons. The number of anilines is 1. The number of benzene rings is 1. The van der Waals surface area contributed by atoms with Crippen molar-refractivity contribution in [3.8, 4) is 5.75 Å². The van der Waals surface area contributed by atoms with Gasteiger partial charge in [-0.15, -0.1) is 0 Å². The molecule has 6 nitrogen and oxygen atoms in total. The fraction of sp³-hybridized carbons (Fsp3) is 0.167. The Hall–Kier alpha value is -2.50. The molecule has 18 heavy (non-hydrogen) atoms. The molecule has 2 aromatic heterocycles. The normalized spacial score (nSPS) is 11.2. The van der Waals surface area contributed by atoms with E-state index in [-0.39, 0.29) is 5.69 Å². The van der Waals surface area contributed by atoms with Crippen molar-refractivity contribution < 1.29 is 4.74 Å². The molecule has 0 bridgehead atoms. The number of aryl methyl sites for hydroxylation is 1. The van der Waals surface area contributed by atoms with E-state index in [0.717, 1.165) is 22.2 Å². The molecule has 0 atom stereocenters. The van der Waals surface area contributed by atoms with Crippen LogP contribution in [0.15, 0.2) is 23.0 Å². The average Bonchev–Trinajstić information content (AvgIpc) is 2.70. The van der Waals surface area contributed by atoms with Crippen molar-refractivity contribution in [3.05, 3.63) is 34.2 Å². The summed E-state index contributed by atoms with van der Waals surface area (Å²) in [4.78, 5) is 11.7. The summed E-state index contributed by atoms with van der Waals surface area (Å²) in [5, 5.41) is 7.10. The van der Waals surface area contributed by atoms with Gasteiger partial charge in [0.25, 0.3) is 0 Å². The minimum atomic E-state index is -0.278. The molecular formula is C12H12N4O2. The fourth-order valence-corrected chi connectivity index (χ4v) is 2.16. The number of fused-ring (bicyclic) bond motifs is 3. The Morgan fingerprint density at radius 3 is 2.89 bits per heavy atom. The van der Waals surface area contributed by atoms with Gasteiger partial charge in [-0.25, -0.2) is 14.3 Å². The Morgan fingerprint density at radius 1 is 1.39 bits per heavy atom. The van der Waals surface area contributed by atoms with Gasteiger partial charge in [0, 0.05) is 17.1 Å². The number of hydrogen-bond donors (Lipinski definition) is 2. The van der Waals surface area contributed by atoms with E-state index in [2.05, 4.69) is 10.2 Å². The van der Waals surface area contributed by atoms with Gasteiger partial charge in [0.05, 0.1) is 12.6 Å². The van der Waals surface area contributed by atoms with E-state index >= 15 is 0 Å². The molecule has 2 heterocycles. The van der Waals surface area contributed by atoms with E-state index in [9.17, 15) is 4.79 Å². The molecule has 0 saturated carbocycles. The molecule has 3 rings (SSSR count). The summed E-state index contributed by atoms with van der Waals surface area (Å²) in [5.74, 6) is 0.741. The SMILES string of the molecule is COc1cc2c(N)cc3n[nH]c(=O)n3c2cc1C. The Balaban J connectivity index is 2.59. The molecule has 6 heteroatoms. The van der Waals surface area contributed by atoms with Crippen LogP contribution in [0.3, 0.4) is 0 Å². The summed E-state index contributed by atoms with van der Waals surface area (Å²) in [5.41, 5.74) is 8.44. The molecule has 1 aromatic carbocycles. The molecule has 0 aliphatic carbocycles. The molecule has 92 valence electrons. The zero-order valence-corrected chi connectivity index (χ0v) is 10.0. The molecular weight excluding hydrogens is 232 g/mol. The summed E-state index contributed by atoms with van der Waals surface area (Å²) < 4.78 is 6.76. The van der Waals surface area contributed by atoms with Gasteiger partial charge in [-0.3, -0.25) is 0 Å². The second kappa shape index (κ2) is 3.49. The number of H-pyrrole nitrogens is 1. The quantitative estimate of drug-likeness (QED) is 0.670. The zero-order valence-electron chi connectivity index (χ0n) is 10.0. The predicted octanol–water partition coefficient (Wildman–Crippen LogP) is 1.08. The van der Waals surface area contributed by atoms with Gasteiger partial charge in [0.15, 0.2) is 5.65 Å². The summed E-state index contributed by atoms with van der Waals surface area (Å²) in [6.07, 6.45) is 0. The number of nitrogens with two attached hydrogens (primary N) is 1. The zero-order chi connectivity index (χ0) is 12.9. The van der Waals surface area contributed by atoms with E-state index in [1.54, 1.807) is 13.2 Å². The Labute approximate surface area is 102 Å². The monoisotopic (exact) mass is 244 g/mol. The lowest BCUT2D eigenvalue weighted by Gasteiger charge is -2.09. The van der Waals surface area contributed by atoms with E-state index in [4.69, 9.17) is 10.5 Å². The van der Waals surface area contributed by atoms with Crippen molar-refractivity contribution in [1.29, 1.82) is 0 Å². The number of hydrogen-bond acceptors (Lipinski definition) is 4. The summed E-state index contributed by atoms with van der Waals surface area (Å²) in [7, 11) is 1.60. The molecule has 0 amide bonds. The van der Waals surface area contributed by atoms with Crippen LogP contribution in [0, 0.1) is 6.92 Å². The lowest BCUT2D eigenvalue weighted by Crippen LogP contribution is -2.10. The molecule has 3 aromatic rings. The van der Waals surface area contributed by atoms with Gasteiger partial charge >= 0.3 is 5.69 Å². The average molecular weight is 244 g/mol. The van der Waals surface area contributed by atoms with Crippen molar-refractivity contribution in [2.45, 2.75) is 6.92 Å². The van der Waals surface area contributed by atoms with Crippen LogP contribution in [0.4, 0.5) is 5.69 Å². The maximum atomic E-state index is 11.7. The number of aromatic amines is 1. The van der Waals surface area contributed by atoms with E-state index < -0.39 is 0 Å². The third-order valence-electron chi connectivity index (χ3n) is 3.05. The van der Waals surface area contributed by atoms with Crippen LogP contribution in [0.25, 0.3) is 16.6 Å². The standard InChI is InChI=1S/C12H12N4O2/c1-6-3-9-7(4-10(6)18-2)8(13)5-11-14-15-12(17)16(9)11/h3-5H,13H2,1-2H3,(H,15,17). The van der Waals surface area contributed by atoms with Gasteiger partial charge in [-0.2, -0.15) is 5.10 Å². The topological polar surface area (TPSA) is 85.4 Å². The summed E-state index contributed by atoms with van der Waals surface area (Å²) in [6.45, 7) is 1.92. The molecule has 0 aliphatic rings. The lowest BCUT2D eigenvalue weighted by atomic mass is 10.1. The summed E-state index contributed by atoms with van der Waals surface area (Å²) in [6, 6.07) is 5.36. The maximum Gasteiger partial charge on any atom is 0.348 e. The van der Waals surface area contributed by atoms with E-state index in [1.807, 2.05) is 19.1 Å². The van der Waals surface area contributed by atoms with Crippen LogP contribution >= 0.6 is 0 Å². The van der Waals surface area contributed by atoms with Crippen LogP contribution in [0.2, 0.25) is 0 Å². The number of nitrogen functional groups attached to an aromatic ring is 1. The number of aromatic nitrogens is 3. The molecule has 0 aliphatic heterocycles. The highest BCUT2D eigenvalue weighted by Crippen LogP contribution is 2.29. The van der Waals surface area contributed by atoms with Gasteiger partial charge < -0.3 is 10.5 Å². The van der Waals surface area contributed by atoms with Crippen molar-refractivity contribution in [2.24, 2.45) is 0 Å². The molecule has 0 fully saturated rings. The van der Waals surface area contributed by atoms with E-state index in [1.165, 1.54) is 4.40 Å². The second-order valence-electron chi connectivity index (χ2n) is 4.16. The number of rotatable bonds is 1. The van der Waals surface area contributed by atoms with Crippen molar-refractivity contribution in [3.63, 3.8) is 0 Å². The first kappa shape index (κ1) is 10.6. The first-order chi connectivity index (χ1) is 8.61. The van der Waals surface area contributed by atoms with Gasteiger partial charge in [-0.1, -0.05) is 0 Å². The highest BCUT2D eigenvalue weighted by atomic mass is 16.5. The smallest absolute Gasteiger partial charge is 0.348 e. The summed E-state index contributed by atoms with van der Waals surface area (Å²) >= 11 is 0. The number of nitrogens with zero attached hydrogens (tertiary/aromatic N) is 2. The first-order valence-corrected chi connectivity index (χ1v) is 5.46. The third kappa shape index (κ3) is 1.29. The Kier molecular flexibility index (Phi) is 2.07.